The van der Waals surface area contributed by atoms with Crippen LogP contribution < -0.4 is 10.2 Å². The van der Waals surface area contributed by atoms with Gasteiger partial charge in [0.05, 0.1) is 35.4 Å². The van der Waals surface area contributed by atoms with Gasteiger partial charge in [0.15, 0.2) is 11.6 Å². The molecule has 1 atom stereocenters. The fraction of sp³-hybridized carbons (Fsp3) is 0.433. The summed E-state index contributed by atoms with van der Waals surface area (Å²) < 4.78 is 43.1. The number of anilines is 2. The zero-order valence-corrected chi connectivity index (χ0v) is 25.4. The second kappa shape index (κ2) is 10.9. The van der Waals surface area contributed by atoms with E-state index in [-0.39, 0.29) is 56.7 Å². The Morgan fingerprint density at radius 2 is 2.02 bits per heavy atom. The highest BCUT2D eigenvalue weighted by Crippen LogP contribution is 2.46. The Hall–Kier alpha value is -3.99. The normalized spacial score (nSPS) is 16.7. The molecule has 3 aromatic heterocycles. The van der Waals surface area contributed by atoms with Crippen molar-refractivity contribution in [2.75, 3.05) is 37.4 Å². The molecule has 0 saturated carbocycles. The molecule has 5 heterocycles. The quantitative estimate of drug-likeness (QED) is 0.293. The zero-order valence-electron chi connectivity index (χ0n) is 24.5. The van der Waals surface area contributed by atoms with Crippen LogP contribution in [-0.4, -0.2) is 64.8 Å². The fourth-order valence-corrected chi connectivity index (χ4v) is 6.89. The minimum absolute atomic E-state index is 0.0352. The van der Waals surface area contributed by atoms with E-state index in [2.05, 4.69) is 31.2 Å². The summed E-state index contributed by atoms with van der Waals surface area (Å²) in [7, 11) is 4.02. The number of likely N-dealkylation sites (N-methyl/N-ethyl adjacent to an activating group) is 1. The molecule has 10 nitrogen and oxygen atoms in total. The highest BCUT2D eigenvalue weighted by Gasteiger charge is 2.32. The first-order valence-electron chi connectivity index (χ1n) is 14.0. The number of aromatic nitrogens is 3. The van der Waals surface area contributed by atoms with Crippen LogP contribution >= 0.6 is 11.3 Å². The topological polar surface area (TPSA) is 116 Å². The highest BCUT2D eigenvalue weighted by molar-refractivity contribution is 7.23. The van der Waals surface area contributed by atoms with Gasteiger partial charge in [0.2, 0.25) is 5.95 Å². The second-order valence-electron chi connectivity index (χ2n) is 12.0. The first-order valence-corrected chi connectivity index (χ1v) is 14.8. The molecule has 2 aliphatic rings. The molecule has 13 heteroatoms. The molecule has 4 aromatic rings. The third kappa shape index (κ3) is 5.24. The first-order chi connectivity index (χ1) is 20.5. The number of pyridine rings is 1. The van der Waals surface area contributed by atoms with Gasteiger partial charge < -0.3 is 19.3 Å². The average Bonchev–Trinajstić information content (AvgIpc) is 3.67. The number of carbonyl (C=O) groups excluding carboxylic acids is 1. The van der Waals surface area contributed by atoms with Crippen molar-refractivity contribution in [3.05, 3.63) is 40.7 Å². The van der Waals surface area contributed by atoms with Crippen LogP contribution in [0.4, 0.5) is 24.5 Å². The van der Waals surface area contributed by atoms with Crippen molar-refractivity contribution in [2.45, 2.75) is 58.5 Å². The van der Waals surface area contributed by atoms with Gasteiger partial charge in [-0.2, -0.15) is 5.26 Å². The molecule has 1 amide bonds. The Kier molecular flexibility index (Phi) is 7.40. The maximum atomic E-state index is 16.8. The second-order valence-corrected chi connectivity index (χ2v) is 13.0. The van der Waals surface area contributed by atoms with Crippen molar-refractivity contribution < 1.29 is 23.0 Å². The van der Waals surface area contributed by atoms with E-state index in [1.807, 2.05) is 14.1 Å². The number of halogens is 2. The van der Waals surface area contributed by atoms with Crippen LogP contribution in [-0.2, 0) is 22.7 Å². The summed E-state index contributed by atoms with van der Waals surface area (Å²) in [6, 6.07) is 2.26. The van der Waals surface area contributed by atoms with Crippen LogP contribution in [0.1, 0.15) is 50.3 Å². The van der Waals surface area contributed by atoms with Crippen molar-refractivity contribution in [2.24, 2.45) is 0 Å². The summed E-state index contributed by atoms with van der Waals surface area (Å²) >= 11 is 0.866. The molecule has 0 radical (unpaired) electrons. The maximum Gasteiger partial charge on any atom is 0.412 e. The van der Waals surface area contributed by atoms with Crippen molar-refractivity contribution >= 4 is 49.4 Å². The number of thiophene rings is 1. The summed E-state index contributed by atoms with van der Waals surface area (Å²) in [6.45, 7) is 7.02. The van der Waals surface area contributed by atoms with E-state index >= 15 is 8.78 Å². The number of ether oxygens (including phenoxy) is 2. The van der Waals surface area contributed by atoms with Crippen molar-refractivity contribution in [3.8, 4) is 17.3 Å². The molecule has 1 saturated heterocycles. The van der Waals surface area contributed by atoms with Gasteiger partial charge in [0.25, 0.3) is 0 Å². The predicted molar refractivity (Wildman–Crippen MR) is 160 cm³/mol. The lowest BCUT2D eigenvalue weighted by Gasteiger charge is -2.27. The molecule has 2 aliphatic heterocycles. The minimum atomic E-state index is -0.796. The Balaban J connectivity index is 1.54. The zero-order chi connectivity index (χ0) is 30.6. The van der Waals surface area contributed by atoms with Crippen molar-refractivity contribution in [1.29, 1.82) is 5.26 Å². The van der Waals surface area contributed by atoms with Gasteiger partial charge in [-0.1, -0.05) is 0 Å². The summed E-state index contributed by atoms with van der Waals surface area (Å²) in [5.74, 6) is -0.907. The Morgan fingerprint density at radius 1 is 1.26 bits per heavy atom. The van der Waals surface area contributed by atoms with Gasteiger partial charge in [-0.25, -0.2) is 23.5 Å². The van der Waals surface area contributed by atoms with Crippen molar-refractivity contribution in [3.63, 3.8) is 0 Å². The molecule has 224 valence electrons. The van der Waals surface area contributed by atoms with Crippen LogP contribution in [0, 0.1) is 23.0 Å². The van der Waals surface area contributed by atoms with E-state index in [4.69, 9.17) is 14.5 Å². The number of carbonyl (C=O) groups is 1. The highest BCUT2D eigenvalue weighted by atomic mass is 32.1. The monoisotopic (exact) mass is 607 g/mol. The number of fused-ring (bicyclic) bond motifs is 4. The molecule has 1 aromatic carbocycles. The lowest BCUT2D eigenvalue weighted by Crippen LogP contribution is -2.38. The number of nitrogens with one attached hydrogen (secondary N) is 1. The number of benzene rings is 1. The lowest BCUT2D eigenvalue weighted by molar-refractivity contribution is 0.0636. The third-order valence-corrected chi connectivity index (χ3v) is 8.64. The summed E-state index contributed by atoms with van der Waals surface area (Å²) in [5, 5.41) is 13.4. The molecular weight excluding hydrogens is 576 g/mol. The van der Waals surface area contributed by atoms with Gasteiger partial charge in [0, 0.05) is 41.7 Å². The van der Waals surface area contributed by atoms with Crippen LogP contribution in [0.15, 0.2) is 12.4 Å². The number of nitrogens with zero attached hydrogens (tertiary/aromatic N) is 6. The molecule has 1 fully saturated rings. The van der Waals surface area contributed by atoms with Gasteiger partial charge in [-0.3, -0.25) is 10.3 Å². The number of hydrogen-bond donors (Lipinski definition) is 1. The smallest absolute Gasteiger partial charge is 0.412 e. The lowest BCUT2D eigenvalue weighted by atomic mass is 9.94. The molecule has 0 spiro atoms. The van der Waals surface area contributed by atoms with E-state index in [1.54, 1.807) is 27.0 Å². The predicted octanol–water partition coefficient (Wildman–Crippen LogP) is 5.96. The summed E-state index contributed by atoms with van der Waals surface area (Å²) in [4.78, 5) is 30.4. The third-order valence-electron chi connectivity index (χ3n) is 7.53. The Labute approximate surface area is 251 Å². The molecular formula is C30H31F2N7O3S. The molecule has 0 aliphatic carbocycles. The van der Waals surface area contributed by atoms with Gasteiger partial charge in [-0.05, 0) is 58.8 Å². The number of hydrogen-bond acceptors (Lipinski definition) is 10. The van der Waals surface area contributed by atoms with Gasteiger partial charge >= 0.3 is 6.09 Å². The number of amides is 1. The van der Waals surface area contributed by atoms with E-state index in [9.17, 15) is 10.1 Å². The van der Waals surface area contributed by atoms with E-state index < -0.39 is 23.3 Å². The van der Waals surface area contributed by atoms with Crippen LogP contribution in [0.3, 0.4) is 0 Å². The van der Waals surface area contributed by atoms with Gasteiger partial charge in [-0.15, -0.1) is 11.3 Å². The number of rotatable bonds is 5. The van der Waals surface area contributed by atoms with Crippen LogP contribution in [0.2, 0.25) is 0 Å². The van der Waals surface area contributed by atoms with Gasteiger partial charge in [0.1, 0.15) is 22.2 Å². The standard InChI is InChI=1S/C30H31F2N7O3S/c1-30(2,3)42-29(40)37-27-16(9-33)22-25(34-11-20(31)26(22)43-27)21-19-14-41-13-18(19)17-10-35-28(36-24(17)23(21)32)39-8-6-7-15(39)12-38(4)5/h10-11,15H,6-8,12-14H2,1-5H3,(H,37,40)/t15-/m0/s1. The first kappa shape index (κ1) is 29.1. The summed E-state index contributed by atoms with van der Waals surface area (Å²) in [6.07, 6.45) is 3.82. The Morgan fingerprint density at radius 3 is 2.74 bits per heavy atom. The number of nitriles is 1. The SMILES string of the molecule is CN(C)C[C@@H]1CCCN1c1ncc2c3c(c(-c4ncc(F)c5sc(NC(=O)OC(C)(C)C)c(C#N)c45)c(F)c2n1)COC3. The fourth-order valence-electron chi connectivity index (χ4n) is 5.85. The largest absolute Gasteiger partial charge is 0.444 e. The molecule has 0 bridgehead atoms. The molecule has 1 N–H and O–H groups in total. The van der Waals surface area contributed by atoms with Crippen LogP contribution in [0.5, 0.6) is 0 Å². The van der Waals surface area contributed by atoms with E-state index in [0.29, 0.717) is 16.9 Å². The van der Waals surface area contributed by atoms with E-state index in [1.165, 1.54) is 0 Å². The minimum Gasteiger partial charge on any atom is -0.444 e. The maximum absolute atomic E-state index is 16.8. The molecule has 0 unspecified atom stereocenters. The summed E-state index contributed by atoms with van der Waals surface area (Å²) in [5.41, 5.74) is 0.734. The van der Waals surface area contributed by atoms with Crippen molar-refractivity contribution in [1.82, 2.24) is 19.9 Å². The average molecular weight is 608 g/mol. The molecule has 43 heavy (non-hydrogen) atoms. The van der Waals surface area contributed by atoms with E-state index in [0.717, 1.165) is 49.0 Å². The van der Waals surface area contributed by atoms with Crippen LogP contribution in [0.25, 0.3) is 32.2 Å². The Bertz CT molecular complexity index is 1810. The molecule has 6 rings (SSSR count).